The van der Waals surface area contributed by atoms with E-state index >= 15 is 0 Å². The van der Waals surface area contributed by atoms with Crippen molar-refractivity contribution in [2.75, 3.05) is 32.3 Å². The second-order valence-electron chi connectivity index (χ2n) is 6.60. The highest BCUT2D eigenvalue weighted by molar-refractivity contribution is 7.80. The summed E-state index contributed by atoms with van der Waals surface area (Å²) >= 11 is 11.7. The van der Waals surface area contributed by atoms with Gasteiger partial charge in [-0.2, -0.15) is 0 Å². The van der Waals surface area contributed by atoms with Crippen molar-refractivity contribution in [2.45, 2.75) is 13.0 Å². The van der Waals surface area contributed by atoms with E-state index in [0.717, 1.165) is 11.3 Å². The zero-order valence-corrected chi connectivity index (χ0v) is 18.5. The number of rotatable bonds is 7. The molecule has 2 aromatic carbocycles. The molecule has 0 bridgehead atoms. The highest BCUT2D eigenvalue weighted by Gasteiger charge is 2.35. The topological polar surface area (TPSA) is 60.0 Å². The number of halogens is 1. The average Bonchev–Trinajstić information content (AvgIpc) is 2.74. The Morgan fingerprint density at radius 1 is 1.17 bits per heavy atom. The Hall–Kier alpha value is -2.61. The highest BCUT2D eigenvalue weighted by atomic mass is 35.5. The van der Waals surface area contributed by atoms with Crippen LogP contribution in [0.15, 0.2) is 59.8 Å². The highest BCUT2D eigenvalue weighted by Crippen LogP contribution is 2.35. The number of ether oxygens (including phenoxy) is 3. The molecule has 0 aliphatic carbocycles. The van der Waals surface area contributed by atoms with E-state index in [4.69, 9.17) is 38.0 Å². The van der Waals surface area contributed by atoms with Crippen LogP contribution in [0.25, 0.3) is 0 Å². The molecular weight excluding hydrogens is 424 g/mol. The zero-order valence-electron chi connectivity index (χ0n) is 17.0. The van der Waals surface area contributed by atoms with Gasteiger partial charge in [0.2, 0.25) is 0 Å². The molecule has 0 aromatic heterocycles. The summed E-state index contributed by atoms with van der Waals surface area (Å²) in [7, 11) is 3.15. The number of nitrogens with zero attached hydrogens (tertiary/aromatic N) is 1. The average molecular weight is 447 g/mol. The Balaban J connectivity index is 2.07. The lowest BCUT2D eigenvalue weighted by molar-refractivity contribution is -0.140. The van der Waals surface area contributed by atoms with Crippen LogP contribution in [0.4, 0.5) is 5.69 Å². The quantitative estimate of drug-likeness (QED) is 0.387. The molecule has 1 unspecified atom stereocenters. The van der Waals surface area contributed by atoms with E-state index in [0.29, 0.717) is 33.8 Å². The fourth-order valence-electron chi connectivity index (χ4n) is 3.28. The maximum Gasteiger partial charge on any atom is 0.338 e. The molecule has 6 nitrogen and oxygen atoms in total. The van der Waals surface area contributed by atoms with Crippen LogP contribution >= 0.6 is 23.8 Å². The summed E-state index contributed by atoms with van der Waals surface area (Å²) in [5.41, 5.74) is 2.77. The van der Waals surface area contributed by atoms with Crippen molar-refractivity contribution in [1.29, 1.82) is 0 Å². The first-order valence-corrected chi connectivity index (χ1v) is 10.1. The summed E-state index contributed by atoms with van der Waals surface area (Å²) < 4.78 is 15.8. The Kier molecular flexibility index (Phi) is 7.31. The first-order valence-electron chi connectivity index (χ1n) is 9.33. The standard InChI is InChI=1S/C22H23ClN2O4S/c1-14-19(21(26)29-12-11-27-2)20(15-5-4-6-18(13-15)28-3)24-22(30)25(14)17-9-7-16(23)8-10-17/h4-10,13,20H,11-12H2,1-3H3,(H,24,30). The predicted molar refractivity (Wildman–Crippen MR) is 121 cm³/mol. The molecule has 1 heterocycles. The van der Waals surface area contributed by atoms with Crippen LogP contribution in [0.5, 0.6) is 5.75 Å². The van der Waals surface area contributed by atoms with Gasteiger partial charge in [-0.05, 0) is 61.1 Å². The summed E-state index contributed by atoms with van der Waals surface area (Å²) in [6.45, 7) is 2.32. The van der Waals surface area contributed by atoms with Gasteiger partial charge < -0.3 is 19.5 Å². The van der Waals surface area contributed by atoms with Gasteiger partial charge in [0.25, 0.3) is 0 Å². The van der Waals surface area contributed by atoms with Gasteiger partial charge in [0.1, 0.15) is 12.4 Å². The summed E-state index contributed by atoms with van der Waals surface area (Å²) in [6, 6.07) is 14.3. The fourth-order valence-corrected chi connectivity index (χ4v) is 3.76. The summed E-state index contributed by atoms with van der Waals surface area (Å²) in [5.74, 6) is 0.247. The molecule has 0 radical (unpaired) electrons. The Labute approximate surface area is 186 Å². The molecule has 1 N–H and O–H groups in total. The number of anilines is 1. The summed E-state index contributed by atoms with van der Waals surface area (Å²) in [4.78, 5) is 14.9. The number of hydrogen-bond donors (Lipinski definition) is 1. The van der Waals surface area contributed by atoms with E-state index < -0.39 is 12.0 Å². The minimum Gasteiger partial charge on any atom is -0.497 e. The number of esters is 1. The Morgan fingerprint density at radius 3 is 2.57 bits per heavy atom. The van der Waals surface area contributed by atoms with Gasteiger partial charge in [0.15, 0.2) is 5.11 Å². The third-order valence-corrected chi connectivity index (χ3v) is 5.29. The van der Waals surface area contributed by atoms with Crippen LogP contribution in [-0.4, -0.2) is 38.5 Å². The van der Waals surface area contributed by atoms with E-state index in [2.05, 4.69) is 5.32 Å². The van der Waals surface area contributed by atoms with Gasteiger partial charge in [0.05, 0.1) is 25.3 Å². The molecule has 30 heavy (non-hydrogen) atoms. The maximum absolute atomic E-state index is 13.1. The number of methoxy groups -OCH3 is 2. The van der Waals surface area contributed by atoms with Crippen LogP contribution in [-0.2, 0) is 14.3 Å². The van der Waals surface area contributed by atoms with Gasteiger partial charge in [-0.25, -0.2) is 4.79 Å². The van der Waals surface area contributed by atoms with Crippen LogP contribution in [0.1, 0.15) is 18.5 Å². The molecule has 3 rings (SSSR count). The molecule has 0 saturated carbocycles. The number of allylic oxidation sites excluding steroid dienone is 1. The van der Waals surface area contributed by atoms with Crippen molar-refractivity contribution in [1.82, 2.24) is 5.32 Å². The minimum atomic E-state index is -0.480. The molecule has 0 spiro atoms. The van der Waals surface area contributed by atoms with E-state index in [9.17, 15) is 4.79 Å². The molecule has 1 aliphatic heterocycles. The molecule has 1 atom stereocenters. The molecule has 8 heteroatoms. The number of thiocarbonyl (C=S) groups is 1. The molecule has 158 valence electrons. The van der Waals surface area contributed by atoms with E-state index in [1.54, 1.807) is 31.3 Å². The van der Waals surface area contributed by atoms with E-state index in [1.807, 2.05) is 43.3 Å². The van der Waals surface area contributed by atoms with Crippen molar-refractivity contribution in [3.8, 4) is 5.75 Å². The molecule has 1 aliphatic rings. The van der Waals surface area contributed by atoms with Crippen molar-refractivity contribution < 1.29 is 19.0 Å². The number of hydrogen-bond acceptors (Lipinski definition) is 5. The van der Waals surface area contributed by atoms with Crippen LogP contribution in [0.3, 0.4) is 0 Å². The van der Waals surface area contributed by atoms with Gasteiger partial charge in [-0.3, -0.25) is 4.90 Å². The van der Waals surface area contributed by atoms with E-state index in [-0.39, 0.29) is 6.61 Å². The third-order valence-electron chi connectivity index (χ3n) is 4.74. The number of carbonyl (C=O) groups is 1. The minimum absolute atomic E-state index is 0.155. The van der Waals surface area contributed by atoms with Crippen LogP contribution in [0, 0.1) is 0 Å². The van der Waals surface area contributed by atoms with E-state index in [1.165, 1.54) is 0 Å². The SMILES string of the molecule is COCCOC(=O)C1=C(C)N(c2ccc(Cl)cc2)C(=S)NC1c1cccc(OC)c1. The van der Waals surface area contributed by atoms with Gasteiger partial charge in [0, 0.05) is 23.5 Å². The maximum atomic E-state index is 13.1. The number of carbonyl (C=O) groups excluding carboxylic acids is 1. The predicted octanol–water partition coefficient (Wildman–Crippen LogP) is 4.25. The van der Waals surface area contributed by atoms with Gasteiger partial charge in [-0.1, -0.05) is 23.7 Å². The second kappa shape index (κ2) is 9.93. The Morgan fingerprint density at radius 2 is 1.90 bits per heavy atom. The van der Waals surface area contributed by atoms with Crippen molar-refractivity contribution in [3.63, 3.8) is 0 Å². The number of nitrogens with one attached hydrogen (secondary N) is 1. The summed E-state index contributed by atoms with van der Waals surface area (Å²) in [6.07, 6.45) is 0. The fraction of sp³-hybridized carbons (Fsp3) is 0.273. The zero-order chi connectivity index (χ0) is 21.7. The van der Waals surface area contributed by atoms with Crippen molar-refractivity contribution in [3.05, 3.63) is 70.4 Å². The monoisotopic (exact) mass is 446 g/mol. The van der Waals surface area contributed by atoms with Crippen LogP contribution in [0.2, 0.25) is 5.02 Å². The van der Waals surface area contributed by atoms with Crippen molar-refractivity contribution >= 4 is 40.6 Å². The van der Waals surface area contributed by atoms with Gasteiger partial charge in [-0.15, -0.1) is 0 Å². The smallest absolute Gasteiger partial charge is 0.338 e. The molecule has 2 aromatic rings. The lowest BCUT2D eigenvalue weighted by atomic mass is 9.94. The molecule has 0 amide bonds. The lowest BCUT2D eigenvalue weighted by Crippen LogP contribution is -2.48. The second-order valence-corrected chi connectivity index (χ2v) is 7.42. The van der Waals surface area contributed by atoms with Crippen molar-refractivity contribution in [2.24, 2.45) is 0 Å². The summed E-state index contributed by atoms with van der Waals surface area (Å²) in [5, 5.41) is 4.36. The lowest BCUT2D eigenvalue weighted by Gasteiger charge is -2.37. The third kappa shape index (κ3) is 4.75. The first-order chi connectivity index (χ1) is 14.5. The largest absolute Gasteiger partial charge is 0.497 e. The molecule has 0 fully saturated rings. The Bertz CT molecular complexity index is 962. The van der Waals surface area contributed by atoms with Gasteiger partial charge >= 0.3 is 5.97 Å². The van der Waals surface area contributed by atoms with Crippen LogP contribution < -0.4 is 15.0 Å². The molecule has 0 saturated heterocycles. The first kappa shape index (κ1) is 22.1. The molecular formula is C22H23ClN2O4S. The number of benzene rings is 2. The normalized spacial score (nSPS) is 16.3.